The average molecular weight is 198 g/mol. The van der Waals surface area contributed by atoms with Gasteiger partial charge in [0.05, 0.1) is 11.2 Å². The number of para-hydroxylation sites is 1. The smallest absolute Gasteiger partial charge is 0.211 e. The largest absolute Gasteiger partial charge is 0.335 e. The van der Waals surface area contributed by atoms with Crippen molar-refractivity contribution in [2.75, 3.05) is 0 Å². The second-order valence-electron chi connectivity index (χ2n) is 3.05. The SMILES string of the molecule is O=CN/C=C/c1ccc2ccccc2n1. The number of carbonyl (C=O) groups excluding carboxylic acids is 1. The normalized spacial score (nSPS) is 10.7. The lowest BCUT2D eigenvalue weighted by molar-refractivity contribution is -0.108. The fourth-order valence-corrected chi connectivity index (χ4v) is 1.35. The molecule has 0 aliphatic heterocycles. The zero-order valence-corrected chi connectivity index (χ0v) is 8.05. The zero-order chi connectivity index (χ0) is 10.5. The Kier molecular flexibility index (Phi) is 2.74. The molecule has 1 heterocycles. The second-order valence-corrected chi connectivity index (χ2v) is 3.05. The highest BCUT2D eigenvalue weighted by Gasteiger charge is 1.93. The van der Waals surface area contributed by atoms with Gasteiger partial charge in [0, 0.05) is 11.6 Å². The van der Waals surface area contributed by atoms with Crippen LogP contribution in [0.25, 0.3) is 17.0 Å². The summed E-state index contributed by atoms with van der Waals surface area (Å²) in [4.78, 5) is 14.4. The van der Waals surface area contributed by atoms with Crippen LogP contribution in [0.5, 0.6) is 0 Å². The fraction of sp³-hybridized carbons (Fsp3) is 0. The highest BCUT2D eigenvalue weighted by molar-refractivity contribution is 5.79. The van der Waals surface area contributed by atoms with Gasteiger partial charge in [0.25, 0.3) is 0 Å². The molecule has 0 atom stereocenters. The van der Waals surface area contributed by atoms with Crippen molar-refractivity contribution in [2.45, 2.75) is 0 Å². The van der Waals surface area contributed by atoms with Crippen LogP contribution in [-0.2, 0) is 4.79 Å². The summed E-state index contributed by atoms with van der Waals surface area (Å²) in [7, 11) is 0. The van der Waals surface area contributed by atoms with Gasteiger partial charge in [-0.1, -0.05) is 24.3 Å². The summed E-state index contributed by atoms with van der Waals surface area (Å²) in [5, 5.41) is 3.55. The number of carbonyl (C=O) groups is 1. The Labute approximate surface area is 87.4 Å². The van der Waals surface area contributed by atoms with E-state index in [0.29, 0.717) is 6.41 Å². The summed E-state index contributed by atoms with van der Waals surface area (Å²) in [6.07, 6.45) is 3.93. The van der Waals surface area contributed by atoms with Gasteiger partial charge in [-0.05, 0) is 18.2 Å². The van der Waals surface area contributed by atoms with Gasteiger partial charge in [-0.2, -0.15) is 0 Å². The monoisotopic (exact) mass is 198 g/mol. The van der Waals surface area contributed by atoms with Crippen molar-refractivity contribution in [1.82, 2.24) is 10.3 Å². The number of hydrogen-bond donors (Lipinski definition) is 1. The summed E-state index contributed by atoms with van der Waals surface area (Å²) >= 11 is 0. The van der Waals surface area contributed by atoms with Crippen molar-refractivity contribution >= 4 is 23.4 Å². The number of amides is 1. The molecule has 0 spiro atoms. The molecular weight excluding hydrogens is 188 g/mol. The van der Waals surface area contributed by atoms with Gasteiger partial charge in [-0.15, -0.1) is 0 Å². The first-order valence-electron chi connectivity index (χ1n) is 4.62. The first kappa shape index (κ1) is 9.40. The molecule has 0 bridgehead atoms. The Morgan fingerprint density at radius 1 is 1.13 bits per heavy atom. The number of aromatic nitrogens is 1. The Morgan fingerprint density at radius 3 is 2.87 bits per heavy atom. The molecule has 1 N–H and O–H groups in total. The number of hydrogen-bond acceptors (Lipinski definition) is 2. The molecule has 1 amide bonds. The second kappa shape index (κ2) is 4.37. The lowest BCUT2D eigenvalue weighted by Gasteiger charge is -1.97. The number of fused-ring (bicyclic) bond motifs is 1. The van der Waals surface area contributed by atoms with E-state index in [1.165, 1.54) is 0 Å². The topological polar surface area (TPSA) is 42.0 Å². The molecule has 0 aliphatic rings. The average Bonchev–Trinajstić information content (AvgIpc) is 2.29. The maximum atomic E-state index is 10.0. The Hall–Kier alpha value is -2.16. The van der Waals surface area contributed by atoms with Crippen LogP contribution in [0.4, 0.5) is 0 Å². The molecule has 15 heavy (non-hydrogen) atoms. The number of benzene rings is 1. The zero-order valence-electron chi connectivity index (χ0n) is 8.05. The minimum atomic E-state index is 0.623. The van der Waals surface area contributed by atoms with Gasteiger partial charge in [-0.3, -0.25) is 4.79 Å². The van der Waals surface area contributed by atoms with Gasteiger partial charge >= 0.3 is 0 Å². The van der Waals surface area contributed by atoms with Gasteiger partial charge in [0.15, 0.2) is 0 Å². The van der Waals surface area contributed by atoms with Gasteiger partial charge in [0.2, 0.25) is 6.41 Å². The van der Waals surface area contributed by atoms with Crippen molar-refractivity contribution < 1.29 is 4.79 Å². The van der Waals surface area contributed by atoms with E-state index in [4.69, 9.17) is 0 Å². The lowest BCUT2D eigenvalue weighted by atomic mass is 10.2. The third-order valence-electron chi connectivity index (χ3n) is 2.04. The van der Waals surface area contributed by atoms with Crippen molar-refractivity contribution in [2.24, 2.45) is 0 Å². The van der Waals surface area contributed by atoms with E-state index in [-0.39, 0.29) is 0 Å². The molecule has 0 aliphatic carbocycles. The summed E-state index contributed by atoms with van der Waals surface area (Å²) < 4.78 is 0. The summed E-state index contributed by atoms with van der Waals surface area (Å²) in [6, 6.07) is 11.8. The molecule has 0 fully saturated rings. The van der Waals surface area contributed by atoms with Crippen molar-refractivity contribution in [3.8, 4) is 0 Å². The maximum absolute atomic E-state index is 10.0. The predicted octanol–water partition coefficient (Wildman–Crippen LogP) is 1.95. The molecule has 2 aromatic rings. The van der Waals surface area contributed by atoms with E-state index in [2.05, 4.69) is 10.3 Å². The van der Waals surface area contributed by atoms with E-state index in [1.54, 1.807) is 12.3 Å². The molecule has 1 aromatic heterocycles. The molecule has 74 valence electrons. The Bertz CT molecular complexity index is 506. The number of rotatable bonds is 3. The molecule has 0 unspecified atom stereocenters. The quantitative estimate of drug-likeness (QED) is 0.766. The molecule has 3 heteroatoms. The van der Waals surface area contributed by atoms with Crippen molar-refractivity contribution in [3.05, 3.63) is 48.3 Å². The minimum absolute atomic E-state index is 0.623. The van der Waals surface area contributed by atoms with Crippen LogP contribution in [0.15, 0.2) is 42.6 Å². The standard InChI is InChI=1S/C12H10N2O/c15-9-13-8-7-11-6-5-10-3-1-2-4-12(10)14-11/h1-9H,(H,13,15)/b8-7+. The van der Waals surface area contributed by atoms with Crippen LogP contribution in [0.1, 0.15) is 5.69 Å². The van der Waals surface area contributed by atoms with Crippen LogP contribution in [0.3, 0.4) is 0 Å². The first-order valence-corrected chi connectivity index (χ1v) is 4.62. The fourth-order valence-electron chi connectivity index (χ4n) is 1.35. The van der Waals surface area contributed by atoms with Crippen LogP contribution < -0.4 is 5.32 Å². The third kappa shape index (κ3) is 2.20. The minimum Gasteiger partial charge on any atom is -0.335 e. The van der Waals surface area contributed by atoms with Gasteiger partial charge < -0.3 is 5.32 Å². The lowest BCUT2D eigenvalue weighted by Crippen LogP contribution is -1.98. The molecular formula is C12H10N2O. The van der Waals surface area contributed by atoms with E-state index in [1.807, 2.05) is 36.4 Å². The van der Waals surface area contributed by atoms with Crippen LogP contribution >= 0.6 is 0 Å². The van der Waals surface area contributed by atoms with E-state index >= 15 is 0 Å². The third-order valence-corrected chi connectivity index (χ3v) is 2.04. The molecule has 0 saturated heterocycles. The Balaban J connectivity index is 2.34. The van der Waals surface area contributed by atoms with Crippen LogP contribution in [-0.4, -0.2) is 11.4 Å². The molecule has 1 aromatic carbocycles. The van der Waals surface area contributed by atoms with Crippen molar-refractivity contribution in [3.63, 3.8) is 0 Å². The predicted molar refractivity (Wildman–Crippen MR) is 60.0 cm³/mol. The molecule has 0 saturated carbocycles. The van der Waals surface area contributed by atoms with Crippen molar-refractivity contribution in [1.29, 1.82) is 0 Å². The van der Waals surface area contributed by atoms with E-state index < -0.39 is 0 Å². The number of nitrogens with one attached hydrogen (secondary N) is 1. The van der Waals surface area contributed by atoms with Crippen LogP contribution in [0, 0.1) is 0 Å². The highest BCUT2D eigenvalue weighted by atomic mass is 16.1. The summed E-state index contributed by atoms with van der Waals surface area (Å²) in [5.41, 5.74) is 1.77. The highest BCUT2D eigenvalue weighted by Crippen LogP contribution is 2.12. The number of pyridine rings is 1. The van der Waals surface area contributed by atoms with E-state index in [0.717, 1.165) is 16.6 Å². The van der Waals surface area contributed by atoms with E-state index in [9.17, 15) is 4.79 Å². The summed E-state index contributed by atoms with van der Waals surface area (Å²) in [5.74, 6) is 0. The van der Waals surface area contributed by atoms with Gasteiger partial charge in [0.1, 0.15) is 0 Å². The van der Waals surface area contributed by atoms with Crippen LogP contribution in [0.2, 0.25) is 0 Å². The van der Waals surface area contributed by atoms with Gasteiger partial charge in [-0.25, -0.2) is 4.98 Å². The molecule has 0 radical (unpaired) electrons. The Morgan fingerprint density at radius 2 is 2.00 bits per heavy atom. The summed E-state index contributed by atoms with van der Waals surface area (Å²) in [6.45, 7) is 0. The molecule has 2 rings (SSSR count). The first-order chi connectivity index (χ1) is 7.40. The number of nitrogens with zero attached hydrogens (tertiary/aromatic N) is 1. The maximum Gasteiger partial charge on any atom is 0.211 e. The molecule has 3 nitrogen and oxygen atoms in total.